The second-order valence-electron chi connectivity index (χ2n) is 5.20. The molecule has 22 heavy (non-hydrogen) atoms. The molecule has 0 unspecified atom stereocenters. The Morgan fingerprint density at radius 3 is 2.64 bits per heavy atom. The van der Waals surface area contributed by atoms with E-state index in [0.29, 0.717) is 23.1 Å². The summed E-state index contributed by atoms with van der Waals surface area (Å²) in [5.41, 5.74) is 0.678. The van der Waals surface area contributed by atoms with Gasteiger partial charge in [-0.2, -0.15) is 0 Å². The monoisotopic (exact) mass is 300 g/mol. The number of aromatic hydroxyl groups is 1. The van der Waals surface area contributed by atoms with Crippen LogP contribution in [0.1, 0.15) is 5.56 Å². The summed E-state index contributed by atoms with van der Waals surface area (Å²) in [6.07, 6.45) is 1.91. The van der Waals surface area contributed by atoms with Crippen molar-refractivity contribution in [1.82, 2.24) is 18.7 Å². The minimum absolute atomic E-state index is 0.161. The molecule has 1 aromatic carbocycles. The number of fused-ring (bicyclic) bond motifs is 1. The smallest absolute Gasteiger partial charge is 0.332 e. The Bertz CT molecular complexity index is 965. The molecule has 7 heteroatoms. The van der Waals surface area contributed by atoms with E-state index in [0.717, 1.165) is 0 Å². The van der Waals surface area contributed by atoms with Crippen LogP contribution in [0.25, 0.3) is 11.2 Å². The SMILES string of the molecule is Cn1cnc2c1c(=O)n(CCc1ccccc1O)c(=O)n2C. The molecule has 0 spiro atoms. The molecule has 2 heterocycles. The molecule has 0 atom stereocenters. The highest BCUT2D eigenvalue weighted by molar-refractivity contribution is 5.69. The van der Waals surface area contributed by atoms with Crippen molar-refractivity contribution in [2.75, 3.05) is 0 Å². The van der Waals surface area contributed by atoms with Gasteiger partial charge in [0, 0.05) is 20.6 Å². The van der Waals surface area contributed by atoms with Gasteiger partial charge in [0.25, 0.3) is 5.56 Å². The van der Waals surface area contributed by atoms with Crippen molar-refractivity contribution >= 4 is 11.2 Å². The molecule has 0 aliphatic heterocycles. The summed E-state index contributed by atoms with van der Waals surface area (Å²) in [4.78, 5) is 28.9. The molecule has 0 aliphatic carbocycles. The fourth-order valence-electron chi connectivity index (χ4n) is 2.55. The Balaban J connectivity index is 2.08. The molecule has 3 aromatic rings. The highest BCUT2D eigenvalue weighted by atomic mass is 16.3. The quantitative estimate of drug-likeness (QED) is 0.758. The van der Waals surface area contributed by atoms with E-state index in [2.05, 4.69) is 4.98 Å². The van der Waals surface area contributed by atoms with Gasteiger partial charge in [0.05, 0.1) is 6.33 Å². The number of benzene rings is 1. The number of aromatic nitrogens is 4. The van der Waals surface area contributed by atoms with Crippen LogP contribution in [0.3, 0.4) is 0 Å². The number of nitrogens with zero attached hydrogens (tertiary/aromatic N) is 4. The molecule has 0 aliphatic rings. The van der Waals surface area contributed by atoms with Crippen LogP contribution in [0.5, 0.6) is 5.75 Å². The maximum absolute atomic E-state index is 12.5. The first-order chi connectivity index (χ1) is 10.5. The first-order valence-electron chi connectivity index (χ1n) is 6.88. The molecule has 0 amide bonds. The zero-order valence-electron chi connectivity index (χ0n) is 12.4. The number of hydrogen-bond acceptors (Lipinski definition) is 4. The Kier molecular flexibility index (Phi) is 3.32. The normalized spacial score (nSPS) is 11.2. The summed E-state index contributed by atoms with van der Waals surface area (Å²) in [6.45, 7) is 0.199. The van der Waals surface area contributed by atoms with Gasteiger partial charge in [-0.25, -0.2) is 9.78 Å². The molecule has 3 rings (SSSR count). The number of aryl methyl sites for hydroxylation is 3. The van der Waals surface area contributed by atoms with Crippen LogP contribution >= 0.6 is 0 Å². The van der Waals surface area contributed by atoms with Gasteiger partial charge in [0.1, 0.15) is 5.75 Å². The average molecular weight is 300 g/mol. The van der Waals surface area contributed by atoms with Gasteiger partial charge < -0.3 is 9.67 Å². The maximum atomic E-state index is 12.5. The summed E-state index contributed by atoms with van der Waals surface area (Å²) < 4.78 is 4.14. The Morgan fingerprint density at radius 2 is 1.91 bits per heavy atom. The van der Waals surface area contributed by atoms with E-state index in [9.17, 15) is 14.7 Å². The molecule has 0 bridgehead atoms. The lowest BCUT2D eigenvalue weighted by Crippen LogP contribution is -2.40. The van der Waals surface area contributed by atoms with Crippen molar-refractivity contribution in [2.24, 2.45) is 14.1 Å². The summed E-state index contributed by atoms with van der Waals surface area (Å²) >= 11 is 0. The molecule has 0 saturated heterocycles. The van der Waals surface area contributed by atoms with Gasteiger partial charge in [-0.3, -0.25) is 13.9 Å². The van der Waals surface area contributed by atoms with Gasteiger partial charge in [-0.05, 0) is 18.1 Å². The van der Waals surface area contributed by atoms with Crippen molar-refractivity contribution in [3.63, 3.8) is 0 Å². The van der Waals surface area contributed by atoms with Crippen LogP contribution in [0, 0.1) is 0 Å². The Hall–Kier alpha value is -2.83. The molecular formula is C15H16N4O3. The van der Waals surface area contributed by atoms with Crippen LogP contribution < -0.4 is 11.2 Å². The fourth-order valence-corrected chi connectivity index (χ4v) is 2.55. The van der Waals surface area contributed by atoms with Crippen molar-refractivity contribution in [3.8, 4) is 5.75 Å². The molecule has 0 saturated carbocycles. The standard InChI is InChI=1S/C15H16N4O3/c1-17-9-16-13-12(17)14(21)19(15(22)18(13)2)8-7-10-5-3-4-6-11(10)20/h3-6,9,20H,7-8H2,1-2H3. The first-order valence-corrected chi connectivity index (χ1v) is 6.88. The molecule has 0 radical (unpaired) electrons. The number of imidazole rings is 1. The first kappa shape index (κ1) is 14.1. The number of phenols is 1. The minimum Gasteiger partial charge on any atom is -0.508 e. The zero-order valence-corrected chi connectivity index (χ0v) is 12.4. The van der Waals surface area contributed by atoms with Gasteiger partial charge >= 0.3 is 5.69 Å². The topological polar surface area (TPSA) is 82.1 Å². The van der Waals surface area contributed by atoms with Crippen LogP contribution in [0.2, 0.25) is 0 Å². The highest BCUT2D eigenvalue weighted by Gasteiger charge is 2.14. The number of hydrogen-bond donors (Lipinski definition) is 1. The molecular weight excluding hydrogens is 284 g/mol. The molecule has 0 fully saturated rings. The van der Waals surface area contributed by atoms with E-state index in [1.807, 2.05) is 0 Å². The molecule has 114 valence electrons. The van der Waals surface area contributed by atoms with E-state index in [1.165, 1.54) is 15.5 Å². The van der Waals surface area contributed by atoms with Crippen LogP contribution in [-0.4, -0.2) is 23.8 Å². The zero-order chi connectivity index (χ0) is 15.9. The van der Waals surface area contributed by atoms with E-state index >= 15 is 0 Å². The number of phenolic OH excluding ortho intramolecular Hbond substituents is 1. The minimum atomic E-state index is -0.411. The second kappa shape index (κ2) is 5.18. The van der Waals surface area contributed by atoms with Crippen molar-refractivity contribution < 1.29 is 5.11 Å². The van der Waals surface area contributed by atoms with Crippen LogP contribution in [0.15, 0.2) is 40.2 Å². The molecule has 7 nitrogen and oxygen atoms in total. The largest absolute Gasteiger partial charge is 0.508 e. The van der Waals surface area contributed by atoms with E-state index < -0.39 is 5.69 Å². The molecule has 1 N–H and O–H groups in total. The van der Waals surface area contributed by atoms with Crippen molar-refractivity contribution in [1.29, 1.82) is 0 Å². The maximum Gasteiger partial charge on any atom is 0.332 e. The summed E-state index contributed by atoms with van der Waals surface area (Å²) in [5.74, 6) is 0.161. The Morgan fingerprint density at radius 1 is 1.18 bits per heavy atom. The lowest BCUT2D eigenvalue weighted by Gasteiger charge is -2.09. The van der Waals surface area contributed by atoms with E-state index in [1.54, 1.807) is 42.9 Å². The second-order valence-corrected chi connectivity index (χ2v) is 5.20. The van der Waals surface area contributed by atoms with Crippen LogP contribution in [0.4, 0.5) is 0 Å². The highest BCUT2D eigenvalue weighted by Crippen LogP contribution is 2.16. The predicted molar refractivity (Wildman–Crippen MR) is 82.0 cm³/mol. The lowest BCUT2D eigenvalue weighted by molar-refractivity contribution is 0.464. The van der Waals surface area contributed by atoms with Crippen molar-refractivity contribution in [2.45, 2.75) is 13.0 Å². The fraction of sp³-hybridized carbons (Fsp3) is 0.267. The third kappa shape index (κ3) is 2.11. The summed E-state index contributed by atoms with van der Waals surface area (Å²) in [6, 6.07) is 6.89. The van der Waals surface area contributed by atoms with Gasteiger partial charge in [-0.1, -0.05) is 18.2 Å². The van der Waals surface area contributed by atoms with E-state index in [4.69, 9.17) is 0 Å². The average Bonchev–Trinajstić information content (AvgIpc) is 2.89. The molecule has 2 aromatic heterocycles. The number of para-hydroxylation sites is 1. The summed E-state index contributed by atoms with van der Waals surface area (Å²) in [5, 5.41) is 9.78. The third-order valence-electron chi connectivity index (χ3n) is 3.80. The van der Waals surface area contributed by atoms with Gasteiger partial charge in [0.2, 0.25) is 0 Å². The van der Waals surface area contributed by atoms with E-state index in [-0.39, 0.29) is 17.9 Å². The van der Waals surface area contributed by atoms with Gasteiger partial charge in [0.15, 0.2) is 11.2 Å². The Labute approximate surface area is 125 Å². The lowest BCUT2D eigenvalue weighted by atomic mass is 10.1. The van der Waals surface area contributed by atoms with Crippen molar-refractivity contribution in [3.05, 3.63) is 57.0 Å². The van der Waals surface area contributed by atoms with Crippen LogP contribution in [-0.2, 0) is 27.1 Å². The predicted octanol–water partition coefficient (Wildman–Crippen LogP) is 0.382. The summed E-state index contributed by atoms with van der Waals surface area (Å²) in [7, 11) is 3.31. The van der Waals surface area contributed by atoms with Gasteiger partial charge in [-0.15, -0.1) is 0 Å². The third-order valence-corrected chi connectivity index (χ3v) is 3.80. The number of rotatable bonds is 3.